The third-order valence-corrected chi connectivity index (χ3v) is 6.74. The fourth-order valence-corrected chi connectivity index (χ4v) is 4.63. The number of hydrogen-bond donors (Lipinski definition) is 1. The van der Waals surface area contributed by atoms with Crippen LogP contribution in [0.5, 0.6) is 0 Å². The van der Waals surface area contributed by atoms with Gasteiger partial charge >= 0.3 is 0 Å². The van der Waals surface area contributed by atoms with Gasteiger partial charge < -0.3 is 5.32 Å². The van der Waals surface area contributed by atoms with E-state index in [1.807, 2.05) is 32.9 Å². The molecule has 2 aromatic rings. The number of carbonyl (C=O) groups is 1. The Morgan fingerprint density at radius 1 is 1.03 bits per heavy atom. The summed E-state index contributed by atoms with van der Waals surface area (Å²) in [5.74, 6) is -0.495. The number of nitro groups is 1. The lowest BCUT2D eigenvalue weighted by Crippen LogP contribution is -2.35. The van der Waals surface area contributed by atoms with Crippen molar-refractivity contribution in [3.8, 4) is 0 Å². The molecule has 9 heteroatoms. The first kappa shape index (κ1) is 22.5. The van der Waals surface area contributed by atoms with Gasteiger partial charge in [0.1, 0.15) is 0 Å². The van der Waals surface area contributed by atoms with E-state index in [9.17, 15) is 23.3 Å². The quantitative estimate of drug-likeness (QED) is 0.570. The molecule has 0 aromatic heterocycles. The summed E-state index contributed by atoms with van der Waals surface area (Å²) in [6.45, 7) is 8.46. The molecule has 1 amide bonds. The van der Waals surface area contributed by atoms with Crippen molar-refractivity contribution in [3.63, 3.8) is 0 Å². The lowest BCUT2D eigenvalue weighted by atomic mass is 10.1. The highest BCUT2D eigenvalue weighted by atomic mass is 32.2. The van der Waals surface area contributed by atoms with Crippen LogP contribution in [0.1, 0.15) is 27.8 Å². The van der Waals surface area contributed by atoms with Gasteiger partial charge in [0.05, 0.1) is 16.4 Å². The number of hydrogen-bond acceptors (Lipinski definition) is 5. The van der Waals surface area contributed by atoms with Crippen molar-refractivity contribution < 1.29 is 18.1 Å². The molecule has 0 radical (unpaired) electrons. The van der Waals surface area contributed by atoms with Gasteiger partial charge in [-0.1, -0.05) is 17.7 Å². The molecule has 0 bridgehead atoms. The zero-order valence-electron chi connectivity index (χ0n) is 17.4. The van der Waals surface area contributed by atoms with E-state index in [1.165, 1.54) is 13.1 Å². The van der Waals surface area contributed by atoms with E-state index >= 15 is 0 Å². The number of nitro benzene ring substituents is 1. The number of carbonyl (C=O) groups excluding carboxylic acids is 1. The summed E-state index contributed by atoms with van der Waals surface area (Å²) in [6.07, 6.45) is 0. The van der Waals surface area contributed by atoms with Crippen molar-refractivity contribution in [1.82, 2.24) is 4.31 Å². The van der Waals surface area contributed by atoms with Crippen molar-refractivity contribution in [2.45, 2.75) is 39.5 Å². The first-order chi connectivity index (χ1) is 13.3. The van der Waals surface area contributed by atoms with E-state index in [-0.39, 0.29) is 10.6 Å². The minimum Gasteiger partial charge on any atom is -0.324 e. The zero-order valence-corrected chi connectivity index (χ0v) is 18.2. The molecule has 29 heavy (non-hydrogen) atoms. The van der Waals surface area contributed by atoms with Crippen LogP contribution in [0.15, 0.2) is 29.2 Å². The van der Waals surface area contributed by atoms with Crippen molar-refractivity contribution in [3.05, 3.63) is 62.2 Å². The number of nitrogens with one attached hydrogen (secondary N) is 1. The van der Waals surface area contributed by atoms with E-state index in [1.54, 1.807) is 13.8 Å². The van der Waals surface area contributed by atoms with Gasteiger partial charge in [0.25, 0.3) is 5.69 Å². The van der Waals surface area contributed by atoms with Crippen LogP contribution in [0, 0.1) is 44.7 Å². The summed E-state index contributed by atoms with van der Waals surface area (Å²) in [6, 6.07) is 6.21. The summed E-state index contributed by atoms with van der Waals surface area (Å²) in [4.78, 5) is 22.8. The van der Waals surface area contributed by atoms with Crippen LogP contribution in [0.3, 0.4) is 0 Å². The first-order valence-electron chi connectivity index (χ1n) is 8.94. The molecule has 156 valence electrons. The highest BCUT2D eigenvalue weighted by molar-refractivity contribution is 7.89. The second kappa shape index (κ2) is 8.30. The minimum atomic E-state index is -4.09. The Kier molecular flexibility index (Phi) is 6.44. The van der Waals surface area contributed by atoms with Crippen LogP contribution >= 0.6 is 0 Å². The number of rotatable bonds is 6. The summed E-state index contributed by atoms with van der Waals surface area (Å²) in [5.41, 5.74) is 4.06. The average Bonchev–Trinajstić information content (AvgIpc) is 2.59. The standard InChI is InChI=1S/C20H25N3O5S/c1-12-7-14(3)20(15(4)8-12)21-19(24)11-22(6)29(27,28)18-10-17(23(25)26)9-13(2)16(18)5/h7-10H,11H2,1-6H3,(H,21,24). The number of benzene rings is 2. The number of sulfonamides is 1. The lowest BCUT2D eigenvalue weighted by molar-refractivity contribution is -0.385. The Balaban J connectivity index is 2.30. The monoisotopic (exact) mass is 419 g/mol. The number of anilines is 1. The summed E-state index contributed by atoms with van der Waals surface area (Å²) in [5, 5.41) is 13.9. The maximum Gasteiger partial charge on any atom is 0.271 e. The largest absolute Gasteiger partial charge is 0.324 e. The summed E-state index contributed by atoms with van der Waals surface area (Å²) >= 11 is 0. The third kappa shape index (κ3) is 4.80. The number of likely N-dealkylation sites (N-methyl/N-ethyl adjacent to an activating group) is 1. The maximum atomic E-state index is 13.0. The minimum absolute atomic E-state index is 0.179. The van der Waals surface area contributed by atoms with Gasteiger partial charge in [-0.2, -0.15) is 4.31 Å². The molecular formula is C20H25N3O5S. The van der Waals surface area contributed by atoms with E-state index in [0.29, 0.717) is 16.8 Å². The highest BCUT2D eigenvalue weighted by Crippen LogP contribution is 2.27. The van der Waals surface area contributed by atoms with Crippen LogP contribution in [0.4, 0.5) is 11.4 Å². The van der Waals surface area contributed by atoms with Crippen molar-refractivity contribution in [2.75, 3.05) is 18.9 Å². The Hall–Kier alpha value is -2.78. The molecule has 0 saturated heterocycles. The van der Waals surface area contributed by atoms with E-state index in [0.717, 1.165) is 27.1 Å². The van der Waals surface area contributed by atoms with Gasteiger partial charge in [-0.15, -0.1) is 0 Å². The van der Waals surface area contributed by atoms with Crippen LogP contribution in [0.2, 0.25) is 0 Å². The van der Waals surface area contributed by atoms with Crippen LogP contribution in [-0.2, 0) is 14.8 Å². The van der Waals surface area contributed by atoms with Crippen LogP contribution in [0.25, 0.3) is 0 Å². The first-order valence-corrected chi connectivity index (χ1v) is 10.4. The number of aryl methyl sites for hydroxylation is 4. The van der Waals surface area contributed by atoms with Crippen molar-refractivity contribution >= 4 is 27.3 Å². The Morgan fingerprint density at radius 2 is 1.59 bits per heavy atom. The number of amides is 1. The van der Waals surface area contributed by atoms with Crippen LogP contribution in [-0.4, -0.2) is 37.1 Å². The molecule has 0 aliphatic carbocycles. The van der Waals surface area contributed by atoms with Gasteiger partial charge in [-0.05, 0) is 56.9 Å². The SMILES string of the molecule is Cc1cc(C)c(NC(=O)CN(C)S(=O)(=O)c2cc([N+](=O)[O-])cc(C)c2C)c(C)c1. The molecule has 0 saturated carbocycles. The average molecular weight is 420 g/mol. The predicted molar refractivity (Wildman–Crippen MR) is 112 cm³/mol. The van der Waals surface area contributed by atoms with Gasteiger partial charge in [-0.25, -0.2) is 8.42 Å². The Labute approximate surface area is 170 Å². The molecule has 0 heterocycles. The van der Waals surface area contributed by atoms with E-state index in [4.69, 9.17) is 0 Å². The number of non-ortho nitro benzene ring substituents is 1. The second-order valence-corrected chi connectivity index (χ2v) is 9.24. The Morgan fingerprint density at radius 3 is 2.10 bits per heavy atom. The smallest absolute Gasteiger partial charge is 0.271 e. The third-order valence-electron chi connectivity index (χ3n) is 4.81. The highest BCUT2D eigenvalue weighted by Gasteiger charge is 2.28. The molecule has 0 aliphatic heterocycles. The van der Waals surface area contributed by atoms with Crippen LogP contribution < -0.4 is 5.32 Å². The molecule has 0 atom stereocenters. The molecule has 2 aromatic carbocycles. The van der Waals surface area contributed by atoms with E-state index < -0.39 is 27.4 Å². The summed E-state index contributed by atoms with van der Waals surface area (Å²) in [7, 11) is -2.82. The molecule has 0 spiro atoms. The molecule has 2 rings (SSSR count). The maximum absolute atomic E-state index is 13.0. The fraction of sp³-hybridized carbons (Fsp3) is 0.350. The predicted octanol–water partition coefficient (Wildman–Crippen LogP) is 3.40. The normalized spacial score (nSPS) is 11.6. The zero-order chi connectivity index (χ0) is 22.1. The van der Waals surface area contributed by atoms with Gasteiger partial charge in [0.2, 0.25) is 15.9 Å². The Bertz CT molecular complexity index is 1070. The molecule has 0 aliphatic rings. The van der Waals surface area contributed by atoms with Gasteiger partial charge in [0.15, 0.2) is 0 Å². The van der Waals surface area contributed by atoms with Gasteiger partial charge in [-0.3, -0.25) is 14.9 Å². The lowest BCUT2D eigenvalue weighted by Gasteiger charge is -2.20. The molecule has 0 fully saturated rings. The van der Waals surface area contributed by atoms with Gasteiger partial charge in [0, 0.05) is 24.9 Å². The van der Waals surface area contributed by atoms with Crippen molar-refractivity contribution in [1.29, 1.82) is 0 Å². The summed E-state index contributed by atoms with van der Waals surface area (Å²) < 4.78 is 26.8. The molecular weight excluding hydrogens is 394 g/mol. The van der Waals surface area contributed by atoms with Crippen molar-refractivity contribution in [2.24, 2.45) is 0 Å². The second-order valence-electron chi connectivity index (χ2n) is 7.23. The number of nitrogens with zero attached hydrogens (tertiary/aromatic N) is 2. The molecule has 8 nitrogen and oxygen atoms in total. The van der Waals surface area contributed by atoms with E-state index in [2.05, 4.69) is 5.32 Å². The fourth-order valence-electron chi connectivity index (χ4n) is 3.19. The topological polar surface area (TPSA) is 110 Å². The molecule has 0 unspecified atom stereocenters. The molecule has 1 N–H and O–H groups in total.